The topological polar surface area (TPSA) is 20.2 Å². The van der Waals surface area contributed by atoms with Crippen molar-refractivity contribution in [2.45, 2.75) is 84.5 Å². The first-order valence-electron chi connectivity index (χ1n) is 12.5. The zero-order valence-electron chi connectivity index (χ0n) is 19.7. The van der Waals surface area contributed by atoms with Crippen LogP contribution in [-0.4, -0.2) is 11.7 Å². The Balaban J connectivity index is 1.65. The van der Waals surface area contributed by atoms with Crippen molar-refractivity contribution in [1.82, 2.24) is 0 Å². The minimum atomic E-state index is 0.299. The van der Waals surface area contributed by atoms with E-state index in [-0.39, 0.29) is 0 Å². The Hall–Kier alpha value is -1.31. The van der Waals surface area contributed by atoms with Gasteiger partial charge in [0, 0.05) is 11.6 Å². The molecule has 2 heteroatoms. The van der Waals surface area contributed by atoms with Gasteiger partial charge in [0.05, 0.1) is 0 Å². The number of hydrogen-bond donors (Lipinski definition) is 1. The quantitative estimate of drug-likeness (QED) is 0.369. The number of aliphatic hydroxyl groups is 1. The van der Waals surface area contributed by atoms with E-state index in [9.17, 15) is 5.11 Å². The van der Waals surface area contributed by atoms with Gasteiger partial charge in [-0.1, -0.05) is 94.5 Å². The first-order chi connectivity index (χ1) is 15.0. The van der Waals surface area contributed by atoms with Gasteiger partial charge in [-0.3, -0.25) is 0 Å². The molecule has 170 valence electrons. The predicted octanol–water partition coefficient (Wildman–Crippen LogP) is 8.20. The summed E-state index contributed by atoms with van der Waals surface area (Å²) in [4.78, 5) is 0. The monoisotopic (exact) mass is 440 g/mol. The molecule has 1 nitrogen and oxygen atoms in total. The summed E-state index contributed by atoms with van der Waals surface area (Å²) in [6.07, 6.45) is 11.1. The van der Waals surface area contributed by atoms with Gasteiger partial charge < -0.3 is 5.11 Å². The highest BCUT2D eigenvalue weighted by Crippen LogP contribution is 2.44. The van der Waals surface area contributed by atoms with Crippen molar-refractivity contribution >= 4 is 11.6 Å². The molecule has 0 aliphatic heterocycles. The van der Waals surface area contributed by atoms with Crippen molar-refractivity contribution in [3.63, 3.8) is 0 Å². The van der Waals surface area contributed by atoms with Gasteiger partial charge in [-0.15, -0.1) is 0 Å². The van der Waals surface area contributed by atoms with Crippen LogP contribution in [0.1, 0.15) is 93.9 Å². The molecule has 0 radical (unpaired) electrons. The lowest BCUT2D eigenvalue weighted by atomic mass is 9.67. The second kappa shape index (κ2) is 12.1. The Labute approximate surface area is 195 Å². The fourth-order valence-electron chi connectivity index (χ4n) is 5.42. The zero-order chi connectivity index (χ0) is 22.2. The third-order valence-electron chi connectivity index (χ3n) is 7.46. The molecule has 0 aromatic heterocycles. The van der Waals surface area contributed by atoms with Gasteiger partial charge in [0.1, 0.15) is 0 Å². The van der Waals surface area contributed by atoms with E-state index in [1.165, 1.54) is 67.2 Å². The first-order valence-corrected chi connectivity index (χ1v) is 12.9. The average Bonchev–Trinajstić information content (AvgIpc) is 2.77. The molecule has 1 N–H and O–H groups in total. The van der Waals surface area contributed by atoms with Crippen LogP contribution in [0, 0.1) is 17.8 Å². The van der Waals surface area contributed by atoms with E-state index in [0.29, 0.717) is 30.3 Å². The lowest BCUT2D eigenvalue weighted by Crippen LogP contribution is -2.31. The Bertz CT molecular complexity index is 797. The molecule has 4 unspecified atom stereocenters. The zero-order valence-corrected chi connectivity index (χ0v) is 20.5. The molecule has 1 saturated carbocycles. The van der Waals surface area contributed by atoms with Crippen LogP contribution in [0.3, 0.4) is 0 Å². The van der Waals surface area contributed by atoms with E-state index < -0.39 is 0 Å². The molecule has 2 aromatic rings. The van der Waals surface area contributed by atoms with E-state index in [1.807, 2.05) is 0 Å². The molecule has 0 bridgehead atoms. The van der Waals surface area contributed by atoms with Gasteiger partial charge in [-0.05, 0) is 84.1 Å². The van der Waals surface area contributed by atoms with Crippen LogP contribution in [0.15, 0.2) is 42.5 Å². The van der Waals surface area contributed by atoms with Crippen LogP contribution in [-0.2, 0) is 12.8 Å². The summed E-state index contributed by atoms with van der Waals surface area (Å²) in [5, 5.41) is 10.7. The highest BCUT2D eigenvalue weighted by atomic mass is 35.5. The molecular formula is C29H41ClO. The number of halogens is 1. The van der Waals surface area contributed by atoms with Crippen molar-refractivity contribution in [2.75, 3.05) is 6.61 Å². The molecular weight excluding hydrogens is 400 g/mol. The number of aliphatic hydroxyl groups excluding tert-OH is 1. The molecule has 1 fully saturated rings. The molecule has 0 saturated heterocycles. The highest BCUT2D eigenvalue weighted by Gasteiger charge is 2.34. The third kappa shape index (κ3) is 6.83. The Kier molecular flexibility index (Phi) is 9.48. The standard InChI is InChI=1S/C29H41ClO/c1-4-5-6-7-8-9-23-10-12-24(13-11-23)18-26-19-25(14-15-29(26)30)28-17-21(2)16-27(20-31)22(28)3/h10-15,19,21-22,27-28,31H,4-9,16-18,20H2,1-3H3. The normalized spacial score (nSPS) is 23.8. The molecule has 1 aliphatic rings. The molecule has 4 atom stereocenters. The minimum absolute atomic E-state index is 0.299. The largest absolute Gasteiger partial charge is 0.396 e. The maximum Gasteiger partial charge on any atom is 0.0462 e. The Morgan fingerprint density at radius 1 is 0.903 bits per heavy atom. The van der Waals surface area contributed by atoms with Gasteiger partial charge in [0.25, 0.3) is 0 Å². The molecule has 3 rings (SSSR count). The second-order valence-electron chi connectivity index (χ2n) is 9.99. The molecule has 31 heavy (non-hydrogen) atoms. The van der Waals surface area contributed by atoms with Crippen LogP contribution >= 0.6 is 11.6 Å². The van der Waals surface area contributed by atoms with Crippen molar-refractivity contribution in [1.29, 1.82) is 0 Å². The van der Waals surface area contributed by atoms with Crippen LogP contribution < -0.4 is 0 Å². The SMILES string of the molecule is CCCCCCCc1ccc(Cc2cc(C3CC(C)CC(CO)C3C)ccc2Cl)cc1. The van der Waals surface area contributed by atoms with Gasteiger partial charge in [0.2, 0.25) is 0 Å². The minimum Gasteiger partial charge on any atom is -0.396 e. The predicted molar refractivity (Wildman–Crippen MR) is 134 cm³/mol. The molecule has 1 aliphatic carbocycles. The number of hydrogen-bond acceptors (Lipinski definition) is 1. The second-order valence-corrected chi connectivity index (χ2v) is 10.4. The van der Waals surface area contributed by atoms with Crippen molar-refractivity contribution in [3.05, 3.63) is 69.7 Å². The van der Waals surface area contributed by atoms with E-state index in [0.717, 1.165) is 17.9 Å². The van der Waals surface area contributed by atoms with Gasteiger partial charge >= 0.3 is 0 Å². The third-order valence-corrected chi connectivity index (χ3v) is 7.83. The number of benzene rings is 2. The van der Waals surface area contributed by atoms with E-state index >= 15 is 0 Å². The fourth-order valence-corrected chi connectivity index (χ4v) is 5.61. The molecule has 0 amide bonds. The average molecular weight is 441 g/mol. The maximum atomic E-state index is 9.83. The summed E-state index contributed by atoms with van der Waals surface area (Å²) in [5.74, 6) is 2.08. The maximum absolute atomic E-state index is 9.83. The summed E-state index contributed by atoms with van der Waals surface area (Å²) >= 11 is 6.61. The number of unbranched alkanes of at least 4 members (excludes halogenated alkanes) is 4. The lowest BCUT2D eigenvalue weighted by molar-refractivity contribution is 0.102. The summed E-state index contributed by atoms with van der Waals surface area (Å²) in [7, 11) is 0. The fraction of sp³-hybridized carbons (Fsp3) is 0.586. The highest BCUT2D eigenvalue weighted by molar-refractivity contribution is 6.31. The van der Waals surface area contributed by atoms with Crippen LogP contribution in [0.2, 0.25) is 5.02 Å². The molecule has 2 aromatic carbocycles. The molecule has 0 spiro atoms. The number of aryl methyl sites for hydroxylation is 1. The number of rotatable bonds is 10. The Morgan fingerprint density at radius 2 is 1.61 bits per heavy atom. The van der Waals surface area contributed by atoms with Crippen LogP contribution in [0.4, 0.5) is 0 Å². The Morgan fingerprint density at radius 3 is 2.32 bits per heavy atom. The summed E-state index contributed by atoms with van der Waals surface area (Å²) < 4.78 is 0. The summed E-state index contributed by atoms with van der Waals surface area (Å²) in [6, 6.07) is 15.8. The van der Waals surface area contributed by atoms with Crippen molar-refractivity contribution in [3.8, 4) is 0 Å². The van der Waals surface area contributed by atoms with E-state index in [4.69, 9.17) is 11.6 Å². The molecule has 0 heterocycles. The summed E-state index contributed by atoms with van der Waals surface area (Å²) in [5.41, 5.74) is 5.38. The van der Waals surface area contributed by atoms with Gasteiger partial charge in [-0.2, -0.15) is 0 Å². The van der Waals surface area contributed by atoms with Gasteiger partial charge in [0.15, 0.2) is 0 Å². The van der Waals surface area contributed by atoms with E-state index in [2.05, 4.69) is 63.2 Å². The lowest BCUT2D eigenvalue weighted by Gasteiger charge is -2.39. The first kappa shape index (κ1) is 24.3. The van der Waals surface area contributed by atoms with Crippen LogP contribution in [0.5, 0.6) is 0 Å². The van der Waals surface area contributed by atoms with Crippen molar-refractivity contribution < 1.29 is 5.11 Å². The summed E-state index contributed by atoms with van der Waals surface area (Å²) in [6.45, 7) is 7.20. The van der Waals surface area contributed by atoms with E-state index in [1.54, 1.807) is 0 Å². The van der Waals surface area contributed by atoms with Crippen LogP contribution in [0.25, 0.3) is 0 Å². The van der Waals surface area contributed by atoms with Gasteiger partial charge in [-0.25, -0.2) is 0 Å². The van der Waals surface area contributed by atoms with Crippen molar-refractivity contribution in [2.24, 2.45) is 17.8 Å². The smallest absolute Gasteiger partial charge is 0.0462 e.